The van der Waals surface area contributed by atoms with Gasteiger partial charge in [0.25, 0.3) is 0 Å². The maximum Gasteiger partial charge on any atom is 0.0274 e. The van der Waals surface area contributed by atoms with E-state index in [1.807, 2.05) is 0 Å². The molecule has 2 atom stereocenters. The SMILES string of the molecule is CCNC1C(N(C)Cc2cccc(C)c2)CCCC1(C)C. The Morgan fingerprint density at radius 2 is 2.10 bits per heavy atom. The van der Waals surface area contributed by atoms with Crippen LogP contribution in [0.3, 0.4) is 0 Å². The summed E-state index contributed by atoms with van der Waals surface area (Å²) in [5.41, 5.74) is 3.17. The Labute approximate surface area is 130 Å². The third-order valence-corrected chi connectivity index (χ3v) is 5.05. The molecule has 1 N–H and O–H groups in total. The fraction of sp³-hybridized carbons (Fsp3) is 0.684. The summed E-state index contributed by atoms with van der Waals surface area (Å²) in [7, 11) is 2.29. The van der Waals surface area contributed by atoms with Gasteiger partial charge in [-0.1, -0.05) is 57.0 Å². The summed E-state index contributed by atoms with van der Waals surface area (Å²) in [6.45, 7) is 11.4. The molecule has 0 spiro atoms. The highest BCUT2D eigenvalue weighted by Crippen LogP contribution is 2.37. The Balaban J connectivity index is 2.10. The van der Waals surface area contributed by atoms with Crippen LogP contribution >= 0.6 is 0 Å². The first-order valence-corrected chi connectivity index (χ1v) is 8.43. The van der Waals surface area contributed by atoms with Gasteiger partial charge in [0.2, 0.25) is 0 Å². The summed E-state index contributed by atoms with van der Waals surface area (Å²) in [4.78, 5) is 2.56. The summed E-state index contributed by atoms with van der Waals surface area (Å²) in [6, 6.07) is 10.1. The smallest absolute Gasteiger partial charge is 0.0274 e. The Morgan fingerprint density at radius 3 is 2.76 bits per heavy atom. The van der Waals surface area contributed by atoms with E-state index >= 15 is 0 Å². The highest BCUT2D eigenvalue weighted by atomic mass is 15.2. The molecule has 1 aromatic rings. The average Bonchev–Trinajstić information content (AvgIpc) is 2.41. The van der Waals surface area contributed by atoms with Crippen molar-refractivity contribution in [1.82, 2.24) is 10.2 Å². The minimum absolute atomic E-state index is 0.389. The zero-order valence-corrected chi connectivity index (χ0v) is 14.4. The highest BCUT2D eigenvalue weighted by Gasteiger charge is 2.39. The number of nitrogens with one attached hydrogen (secondary N) is 1. The molecule has 2 unspecified atom stereocenters. The lowest BCUT2D eigenvalue weighted by atomic mass is 9.70. The monoisotopic (exact) mass is 288 g/mol. The van der Waals surface area contributed by atoms with Crippen LogP contribution in [0, 0.1) is 12.3 Å². The standard InChI is InChI=1S/C19H32N2/c1-6-20-18-17(11-8-12-19(18,3)4)21(5)14-16-10-7-9-15(2)13-16/h7,9-10,13,17-18,20H,6,8,11-12,14H2,1-5H3. The van der Waals surface area contributed by atoms with Gasteiger partial charge in [-0.25, -0.2) is 0 Å². The molecule has 0 saturated heterocycles. The third-order valence-electron chi connectivity index (χ3n) is 5.05. The lowest BCUT2D eigenvalue weighted by Gasteiger charge is -2.48. The number of hydrogen-bond donors (Lipinski definition) is 1. The highest BCUT2D eigenvalue weighted by molar-refractivity contribution is 5.22. The molecule has 0 bridgehead atoms. The van der Waals surface area contributed by atoms with Gasteiger partial charge in [-0.15, -0.1) is 0 Å². The number of benzene rings is 1. The number of rotatable bonds is 5. The van der Waals surface area contributed by atoms with Crippen LogP contribution in [0.15, 0.2) is 24.3 Å². The minimum Gasteiger partial charge on any atom is -0.312 e. The van der Waals surface area contributed by atoms with Crippen molar-refractivity contribution in [3.8, 4) is 0 Å². The van der Waals surface area contributed by atoms with Gasteiger partial charge in [0.05, 0.1) is 0 Å². The predicted molar refractivity (Wildman–Crippen MR) is 91.5 cm³/mol. The van der Waals surface area contributed by atoms with Gasteiger partial charge in [-0.3, -0.25) is 4.90 Å². The zero-order valence-electron chi connectivity index (χ0n) is 14.4. The van der Waals surface area contributed by atoms with E-state index in [0.717, 1.165) is 13.1 Å². The summed E-state index contributed by atoms with van der Waals surface area (Å²) < 4.78 is 0. The first kappa shape index (κ1) is 16.5. The molecule has 0 heterocycles. The van der Waals surface area contributed by atoms with Gasteiger partial charge < -0.3 is 5.32 Å². The molecule has 1 aromatic carbocycles. The molecule has 0 radical (unpaired) electrons. The number of aryl methyl sites for hydroxylation is 1. The Morgan fingerprint density at radius 1 is 1.33 bits per heavy atom. The molecule has 2 nitrogen and oxygen atoms in total. The molecule has 1 fully saturated rings. The Bertz CT molecular complexity index is 453. The maximum absolute atomic E-state index is 3.76. The molecular weight excluding hydrogens is 256 g/mol. The second-order valence-corrected chi connectivity index (χ2v) is 7.39. The van der Waals surface area contributed by atoms with Crippen LogP contribution in [0.2, 0.25) is 0 Å². The minimum atomic E-state index is 0.389. The van der Waals surface area contributed by atoms with Crippen LogP contribution in [-0.4, -0.2) is 30.6 Å². The normalized spacial score (nSPS) is 25.2. The summed E-state index contributed by atoms with van der Waals surface area (Å²) in [5.74, 6) is 0. The van der Waals surface area contributed by atoms with E-state index < -0.39 is 0 Å². The van der Waals surface area contributed by atoms with Gasteiger partial charge in [0.15, 0.2) is 0 Å². The van der Waals surface area contributed by atoms with Crippen LogP contribution in [0.1, 0.15) is 51.2 Å². The molecule has 0 aromatic heterocycles. The van der Waals surface area contributed by atoms with Crippen LogP contribution in [0.4, 0.5) is 0 Å². The van der Waals surface area contributed by atoms with Crippen molar-refractivity contribution in [3.63, 3.8) is 0 Å². The summed E-state index contributed by atoms with van der Waals surface area (Å²) in [6.07, 6.45) is 3.99. The van der Waals surface area contributed by atoms with Crippen LogP contribution in [0.25, 0.3) is 0 Å². The molecule has 21 heavy (non-hydrogen) atoms. The maximum atomic E-state index is 3.76. The number of nitrogens with zero attached hydrogens (tertiary/aromatic N) is 1. The van der Waals surface area contributed by atoms with E-state index in [2.05, 4.69) is 69.2 Å². The lowest BCUT2D eigenvalue weighted by molar-refractivity contribution is 0.0598. The van der Waals surface area contributed by atoms with Gasteiger partial charge in [-0.2, -0.15) is 0 Å². The van der Waals surface area contributed by atoms with Crippen LogP contribution in [-0.2, 0) is 6.54 Å². The molecule has 2 heteroatoms. The van der Waals surface area contributed by atoms with Crippen LogP contribution < -0.4 is 5.32 Å². The second-order valence-electron chi connectivity index (χ2n) is 7.39. The molecule has 118 valence electrons. The fourth-order valence-electron chi connectivity index (χ4n) is 3.93. The fourth-order valence-corrected chi connectivity index (χ4v) is 3.93. The number of hydrogen-bond acceptors (Lipinski definition) is 2. The first-order chi connectivity index (χ1) is 9.94. The van der Waals surface area contributed by atoms with E-state index in [1.54, 1.807) is 0 Å². The molecule has 1 aliphatic carbocycles. The average molecular weight is 288 g/mol. The molecule has 0 amide bonds. The predicted octanol–water partition coefficient (Wildman–Crippen LogP) is 3.98. The van der Waals surface area contributed by atoms with Gasteiger partial charge in [0.1, 0.15) is 0 Å². The molecule has 1 aliphatic rings. The number of likely N-dealkylation sites (N-methyl/N-ethyl adjacent to an activating group) is 2. The van der Waals surface area contributed by atoms with E-state index in [-0.39, 0.29) is 0 Å². The topological polar surface area (TPSA) is 15.3 Å². The molecular formula is C19H32N2. The van der Waals surface area contributed by atoms with Gasteiger partial charge in [0, 0.05) is 18.6 Å². The van der Waals surface area contributed by atoms with Crippen molar-refractivity contribution in [2.45, 2.75) is 65.6 Å². The molecule has 1 saturated carbocycles. The van der Waals surface area contributed by atoms with Crippen molar-refractivity contribution in [2.24, 2.45) is 5.41 Å². The summed E-state index contributed by atoms with van der Waals surface area (Å²) in [5, 5.41) is 3.76. The van der Waals surface area contributed by atoms with Crippen molar-refractivity contribution in [2.75, 3.05) is 13.6 Å². The van der Waals surface area contributed by atoms with Gasteiger partial charge >= 0.3 is 0 Å². The largest absolute Gasteiger partial charge is 0.312 e. The van der Waals surface area contributed by atoms with Crippen LogP contribution in [0.5, 0.6) is 0 Å². The van der Waals surface area contributed by atoms with E-state index in [4.69, 9.17) is 0 Å². The zero-order chi connectivity index (χ0) is 15.5. The molecule has 2 rings (SSSR count). The second kappa shape index (κ2) is 6.93. The third kappa shape index (κ3) is 4.08. The van der Waals surface area contributed by atoms with E-state index in [0.29, 0.717) is 17.5 Å². The van der Waals surface area contributed by atoms with Crippen molar-refractivity contribution < 1.29 is 0 Å². The Kier molecular flexibility index (Phi) is 5.45. The molecule has 0 aliphatic heterocycles. The van der Waals surface area contributed by atoms with Crippen molar-refractivity contribution >= 4 is 0 Å². The van der Waals surface area contributed by atoms with E-state index in [1.165, 1.54) is 30.4 Å². The lowest BCUT2D eigenvalue weighted by Crippen LogP contribution is -2.57. The van der Waals surface area contributed by atoms with Crippen molar-refractivity contribution in [3.05, 3.63) is 35.4 Å². The summed E-state index contributed by atoms with van der Waals surface area (Å²) >= 11 is 0. The van der Waals surface area contributed by atoms with Crippen molar-refractivity contribution in [1.29, 1.82) is 0 Å². The van der Waals surface area contributed by atoms with E-state index in [9.17, 15) is 0 Å². The van der Waals surface area contributed by atoms with Gasteiger partial charge in [-0.05, 0) is 44.3 Å². The quantitative estimate of drug-likeness (QED) is 0.881. The Hall–Kier alpha value is -0.860. The first-order valence-electron chi connectivity index (χ1n) is 8.43.